The molecule has 12 heavy (non-hydrogen) atoms. The SMILES string of the molecule is CC(C)(C)/N=C1/NC(C)(C)CS1. The summed E-state index contributed by atoms with van der Waals surface area (Å²) in [5.74, 6) is 1.11. The molecule has 1 saturated heterocycles. The van der Waals surface area contributed by atoms with Crippen molar-refractivity contribution in [3.63, 3.8) is 0 Å². The lowest BCUT2D eigenvalue weighted by molar-refractivity contribution is 0.526. The van der Waals surface area contributed by atoms with Crippen LogP contribution in [0.5, 0.6) is 0 Å². The van der Waals surface area contributed by atoms with Crippen LogP contribution in [0, 0.1) is 0 Å². The average molecular weight is 186 g/mol. The van der Waals surface area contributed by atoms with E-state index in [1.807, 2.05) is 11.8 Å². The fourth-order valence-electron chi connectivity index (χ4n) is 0.975. The lowest BCUT2D eigenvalue weighted by Crippen LogP contribution is -2.37. The maximum Gasteiger partial charge on any atom is 0.157 e. The summed E-state index contributed by atoms with van der Waals surface area (Å²) in [7, 11) is 0. The molecule has 1 fully saturated rings. The first-order valence-corrected chi connectivity index (χ1v) is 5.28. The van der Waals surface area contributed by atoms with Crippen LogP contribution >= 0.6 is 11.8 Å². The molecule has 0 radical (unpaired) electrons. The van der Waals surface area contributed by atoms with E-state index in [-0.39, 0.29) is 11.1 Å². The Morgan fingerprint density at radius 2 is 2.00 bits per heavy atom. The molecule has 2 nitrogen and oxygen atoms in total. The molecule has 1 aliphatic rings. The molecule has 0 spiro atoms. The molecule has 3 heteroatoms. The zero-order valence-corrected chi connectivity index (χ0v) is 9.38. The molecule has 1 heterocycles. The van der Waals surface area contributed by atoms with Gasteiger partial charge in [0, 0.05) is 11.3 Å². The van der Waals surface area contributed by atoms with Crippen LogP contribution in [0.15, 0.2) is 4.99 Å². The zero-order chi connectivity index (χ0) is 9.41. The molecule has 0 aromatic rings. The third-order valence-corrected chi connectivity index (χ3v) is 2.78. The van der Waals surface area contributed by atoms with Crippen molar-refractivity contribution in [1.82, 2.24) is 5.32 Å². The average Bonchev–Trinajstić information content (AvgIpc) is 2.05. The van der Waals surface area contributed by atoms with Gasteiger partial charge in [-0.3, -0.25) is 4.99 Å². The van der Waals surface area contributed by atoms with Gasteiger partial charge in [-0.15, -0.1) is 0 Å². The molecule has 0 unspecified atom stereocenters. The summed E-state index contributed by atoms with van der Waals surface area (Å²) in [6, 6.07) is 0. The minimum absolute atomic E-state index is 0.0375. The van der Waals surface area contributed by atoms with E-state index in [1.165, 1.54) is 0 Å². The molecular formula is C9H18N2S. The first-order valence-electron chi connectivity index (χ1n) is 4.29. The summed E-state index contributed by atoms with van der Waals surface area (Å²) >= 11 is 1.82. The van der Waals surface area contributed by atoms with Gasteiger partial charge in [0.1, 0.15) is 0 Å². The van der Waals surface area contributed by atoms with Crippen molar-refractivity contribution in [1.29, 1.82) is 0 Å². The maximum absolute atomic E-state index is 4.57. The second-order valence-electron chi connectivity index (χ2n) is 4.89. The van der Waals surface area contributed by atoms with Gasteiger partial charge in [0.15, 0.2) is 5.17 Å². The van der Waals surface area contributed by atoms with Crippen LogP contribution in [0.4, 0.5) is 0 Å². The predicted molar refractivity (Wildman–Crippen MR) is 56.9 cm³/mol. The Labute approximate surface area is 79.2 Å². The second kappa shape index (κ2) is 2.95. The highest BCUT2D eigenvalue weighted by atomic mass is 32.2. The maximum atomic E-state index is 4.57. The Morgan fingerprint density at radius 3 is 2.33 bits per heavy atom. The van der Waals surface area contributed by atoms with E-state index in [1.54, 1.807) is 0 Å². The van der Waals surface area contributed by atoms with E-state index in [0.29, 0.717) is 0 Å². The summed E-state index contributed by atoms with van der Waals surface area (Å²) in [5, 5.41) is 4.49. The van der Waals surface area contributed by atoms with Crippen LogP contribution in [0.2, 0.25) is 0 Å². The number of hydrogen-bond acceptors (Lipinski definition) is 2. The van der Waals surface area contributed by atoms with Gasteiger partial charge in [-0.25, -0.2) is 0 Å². The molecule has 0 aliphatic carbocycles. The van der Waals surface area contributed by atoms with E-state index >= 15 is 0 Å². The van der Waals surface area contributed by atoms with Crippen molar-refractivity contribution in [3.8, 4) is 0 Å². The lowest BCUT2D eigenvalue weighted by atomic mass is 10.1. The molecule has 0 aromatic heterocycles. The van der Waals surface area contributed by atoms with Gasteiger partial charge < -0.3 is 5.32 Å². The van der Waals surface area contributed by atoms with Gasteiger partial charge in [-0.1, -0.05) is 11.8 Å². The van der Waals surface area contributed by atoms with Gasteiger partial charge >= 0.3 is 0 Å². The first kappa shape index (κ1) is 9.90. The van der Waals surface area contributed by atoms with Crippen LogP contribution in [-0.4, -0.2) is 22.0 Å². The molecule has 0 atom stereocenters. The van der Waals surface area contributed by atoms with Crippen LogP contribution < -0.4 is 5.32 Å². The quantitative estimate of drug-likeness (QED) is 0.627. The highest BCUT2D eigenvalue weighted by molar-refractivity contribution is 8.14. The Balaban J connectivity index is 2.64. The highest BCUT2D eigenvalue weighted by Crippen LogP contribution is 2.24. The first-order chi connectivity index (χ1) is 5.29. The molecule has 0 bridgehead atoms. The predicted octanol–water partition coefficient (Wildman–Crippen LogP) is 2.26. The molecule has 1 N–H and O–H groups in total. The summed E-state index contributed by atoms with van der Waals surface area (Å²) in [6.45, 7) is 10.8. The van der Waals surface area contributed by atoms with Crippen molar-refractivity contribution >= 4 is 16.9 Å². The monoisotopic (exact) mass is 186 g/mol. The number of rotatable bonds is 0. The standard InChI is InChI=1S/C9H18N2S/c1-8(2,3)10-7-11-9(4,5)6-12-7/h6H2,1-5H3,(H,10,11). The molecule has 70 valence electrons. The van der Waals surface area contributed by atoms with E-state index in [4.69, 9.17) is 0 Å². The van der Waals surface area contributed by atoms with Gasteiger partial charge in [-0.05, 0) is 34.6 Å². The largest absolute Gasteiger partial charge is 0.359 e. The Kier molecular flexibility index (Phi) is 2.43. The van der Waals surface area contributed by atoms with Crippen molar-refractivity contribution in [2.24, 2.45) is 4.99 Å². The topological polar surface area (TPSA) is 24.4 Å². The fourth-order valence-corrected chi connectivity index (χ4v) is 2.23. The summed E-state index contributed by atoms with van der Waals surface area (Å²) < 4.78 is 0. The molecule has 0 saturated carbocycles. The van der Waals surface area contributed by atoms with E-state index < -0.39 is 0 Å². The number of nitrogens with one attached hydrogen (secondary N) is 1. The van der Waals surface area contributed by atoms with Crippen LogP contribution in [-0.2, 0) is 0 Å². The number of aliphatic imine (C=N–C) groups is 1. The summed E-state index contributed by atoms with van der Waals surface area (Å²) in [6.07, 6.45) is 0. The van der Waals surface area contributed by atoms with Crippen molar-refractivity contribution in [3.05, 3.63) is 0 Å². The molecule has 1 aliphatic heterocycles. The fraction of sp³-hybridized carbons (Fsp3) is 0.889. The normalized spacial score (nSPS) is 25.9. The van der Waals surface area contributed by atoms with Gasteiger partial charge in [-0.2, -0.15) is 0 Å². The zero-order valence-electron chi connectivity index (χ0n) is 8.56. The summed E-state index contributed by atoms with van der Waals surface area (Å²) in [5.41, 5.74) is 0.254. The molecule has 0 aromatic carbocycles. The van der Waals surface area contributed by atoms with Crippen LogP contribution in [0.25, 0.3) is 0 Å². The second-order valence-corrected chi connectivity index (χ2v) is 5.85. The van der Waals surface area contributed by atoms with Gasteiger partial charge in [0.2, 0.25) is 0 Å². The van der Waals surface area contributed by atoms with Crippen LogP contribution in [0.3, 0.4) is 0 Å². The minimum atomic E-state index is 0.0375. The van der Waals surface area contributed by atoms with Crippen molar-refractivity contribution in [2.75, 3.05) is 5.75 Å². The molecular weight excluding hydrogens is 168 g/mol. The van der Waals surface area contributed by atoms with E-state index in [9.17, 15) is 0 Å². The number of thioether (sulfide) groups is 1. The summed E-state index contributed by atoms with van der Waals surface area (Å²) in [4.78, 5) is 4.57. The molecule has 0 amide bonds. The minimum Gasteiger partial charge on any atom is -0.359 e. The molecule has 1 rings (SSSR count). The van der Waals surface area contributed by atoms with Gasteiger partial charge in [0.25, 0.3) is 0 Å². The lowest BCUT2D eigenvalue weighted by Gasteiger charge is -2.18. The number of hydrogen-bond donors (Lipinski definition) is 1. The Hall–Kier alpha value is -0.180. The highest BCUT2D eigenvalue weighted by Gasteiger charge is 2.28. The van der Waals surface area contributed by atoms with Crippen LogP contribution in [0.1, 0.15) is 34.6 Å². The van der Waals surface area contributed by atoms with E-state index in [2.05, 4.69) is 44.9 Å². The van der Waals surface area contributed by atoms with Gasteiger partial charge in [0.05, 0.1) is 5.54 Å². The Bertz CT molecular complexity index is 201. The Morgan fingerprint density at radius 1 is 1.42 bits per heavy atom. The van der Waals surface area contributed by atoms with Crippen molar-refractivity contribution < 1.29 is 0 Å². The number of nitrogens with zero attached hydrogens (tertiary/aromatic N) is 1. The van der Waals surface area contributed by atoms with Crippen molar-refractivity contribution in [2.45, 2.75) is 45.7 Å². The smallest absolute Gasteiger partial charge is 0.157 e. The van der Waals surface area contributed by atoms with E-state index in [0.717, 1.165) is 10.9 Å². The third-order valence-electron chi connectivity index (χ3n) is 1.45. The number of amidine groups is 1. The third kappa shape index (κ3) is 3.05.